The Morgan fingerprint density at radius 3 is 2.67 bits per heavy atom. The molecule has 0 saturated carbocycles. The molecule has 1 aromatic carbocycles. The molecule has 0 saturated heterocycles. The summed E-state index contributed by atoms with van der Waals surface area (Å²) < 4.78 is 0. The summed E-state index contributed by atoms with van der Waals surface area (Å²) >= 11 is 1.69. The Balaban J connectivity index is 1.59. The maximum Gasteiger partial charge on any atom is 0.148 e. The van der Waals surface area contributed by atoms with Gasteiger partial charge in [-0.2, -0.15) is 5.10 Å². The number of aromatic nitrogens is 3. The largest absolute Gasteiger partial charge is 0.363 e. The average molecular weight is 296 g/mol. The summed E-state index contributed by atoms with van der Waals surface area (Å²) in [6.07, 6.45) is 0.885. The van der Waals surface area contributed by atoms with Gasteiger partial charge in [-0.1, -0.05) is 30.3 Å². The first-order valence-corrected chi connectivity index (χ1v) is 7.69. The van der Waals surface area contributed by atoms with E-state index in [0.717, 1.165) is 28.6 Å². The highest BCUT2D eigenvalue weighted by molar-refractivity contribution is 7.09. The van der Waals surface area contributed by atoms with E-state index < -0.39 is 0 Å². The van der Waals surface area contributed by atoms with E-state index in [4.69, 9.17) is 0 Å². The number of aryl methyl sites for hydroxylation is 1. The van der Waals surface area contributed by atoms with E-state index in [0.29, 0.717) is 6.54 Å². The molecule has 2 heterocycles. The van der Waals surface area contributed by atoms with Crippen LogP contribution < -0.4 is 5.32 Å². The summed E-state index contributed by atoms with van der Waals surface area (Å²) in [6.45, 7) is 2.59. The van der Waals surface area contributed by atoms with Crippen molar-refractivity contribution in [1.29, 1.82) is 0 Å². The number of thiazole rings is 1. The van der Waals surface area contributed by atoms with Crippen LogP contribution in [0, 0.1) is 6.92 Å². The first-order chi connectivity index (χ1) is 10.3. The average Bonchev–Trinajstić information content (AvgIpc) is 2.95. The van der Waals surface area contributed by atoms with E-state index in [1.165, 1.54) is 5.56 Å². The van der Waals surface area contributed by atoms with E-state index in [-0.39, 0.29) is 0 Å². The minimum Gasteiger partial charge on any atom is -0.363 e. The number of nitrogens with zero attached hydrogens (tertiary/aromatic N) is 3. The smallest absolute Gasteiger partial charge is 0.148 e. The first kappa shape index (κ1) is 13.7. The summed E-state index contributed by atoms with van der Waals surface area (Å²) in [5, 5.41) is 14.6. The van der Waals surface area contributed by atoms with Crippen molar-refractivity contribution in [2.45, 2.75) is 19.9 Å². The highest BCUT2D eigenvalue weighted by Crippen LogP contribution is 2.15. The summed E-state index contributed by atoms with van der Waals surface area (Å²) in [4.78, 5) is 4.65. The van der Waals surface area contributed by atoms with Crippen molar-refractivity contribution in [3.05, 3.63) is 69.8 Å². The van der Waals surface area contributed by atoms with Gasteiger partial charge in [0.2, 0.25) is 0 Å². The van der Waals surface area contributed by atoms with Crippen molar-refractivity contribution in [2.24, 2.45) is 0 Å². The molecule has 0 bridgehead atoms. The molecule has 106 valence electrons. The lowest BCUT2D eigenvalue weighted by Gasteiger charge is -2.02. The molecule has 3 rings (SSSR count). The predicted octanol–water partition coefficient (Wildman–Crippen LogP) is 3.44. The number of rotatable bonds is 5. The van der Waals surface area contributed by atoms with Gasteiger partial charge < -0.3 is 5.32 Å². The molecule has 21 heavy (non-hydrogen) atoms. The molecule has 0 atom stereocenters. The van der Waals surface area contributed by atoms with Gasteiger partial charge in [-0.15, -0.1) is 16.4 Å². The second-order valence-electron chi connectivity index (χ2n) is 4.81. The van der Waals surface area contributed by atoms with Gasteiger partial charge in [0.05, 0.1) is 22.9 Å². The molecular formula is C16H16N4S. The number of benzene rings is 1. The zero-order chi connectivity index (χ0) is 14.5. The topological polar surface area (TPSA) is 50.7 Å². The second-order valence-corrected chi connectivity index (χ2v) is 5.75. The summed E-state index contributed by atoms with van der Waals surface area (Å²) in [6, 6.07) is 14.3. The van der Waals surface area contributed by atoms with Crippen molar-refractivity contribution in [1.82, 2.24) is 15.2 Å². The maximum absolute atomic E-state index is 4.65. The van der Waals surface area contributed by atoms with Gasteiger partial charge in [-0.3, -0.25) is 0 Å². The van der Waals surface area contributed by atoms with Crippen LogP contribution in [0.1, 0.15) is 22.0 Å². The van der Waals surface area contributed by atoms with Gasteiger partial charge in [0.15, 0.2) is 0 Å². The maximum atomic E-state index is 4.65. The SMILES string of the molecule is Cc1ccc(NCc2csc(Cc3ccccc3)n2)nn1. The quantitative estimate of drug-likeness (QED) is 0.783. The van der Waals surface area contributed by atoms with Crippen molar-refractivity contribution < 1.29 is 0 Å². The van der Waals surface area contributed by atoms with Crippen LogP contribution in [0.4, 0.5) is 5.82 Å². The first-order valence-electron chi connectivity index (χ1n) is 6.81. The molecule has 0 aliphatic rings. The van der Waals surface area contributed by atoms with Crippen LogP contribution in [0.15, 0.2) is 47.8 Å². The van der Waals surface area contributed by atoms with Crippen LogP contribution in [-0.2, 0) is 13.0 Å². The molecule has 3 aromatic rings. The van der Waals surface area contributed by atoms with Crippen molar-refractivity contribution in [3.63, 3.8) is 0 Å². The number of nitrogens with one attached hydrogen (secondary N) is 1. The van der Waals surface area contributed by atoms with E-state index in [1.54, 1.807) is 11.3 Å². The highest BCUT2D eigenvalue weighted by atomic mass is 32.1. The normalized spacial score (nSPS) is 10.5. The minimum absolute atomic E-state index is 0.670. The van der Waals surface area contributed by atoms with E-state index in [1.807, 2.05) is 25.1 Å². The Hall–Kier alpha value is -2.27. The fourth-order valence-corrected chi connectivity index (χ4v) is 2.78. The molecule has 0 unspecified atom stereocenters. The van der Waals surface area contributed by atoms with Gasteiger partial charge in [0.1, 0.15) is 5.82 Å². The van der Waals surface area contributed by atoms with Gasteiger partial charge in [0, 0.05) is 11.8 Å². The van der Waals surface area contributed by atoms with Crippen LogP contribution in [-0.4, -0.2) is 15.2 Å². The van der Waals surface area contributed by atoms with Crippen molar-refractivity contribution >= 4 is 17.2 Å². The molecule has 0 fully saturated rings. The Morgan fingerprint density at radius 2 is 1.90 bits per heavy atom. The van der Waals surface area contributed by atoms with E-state index in [9.17, 15) is 0 Å². The number of hydrogen-bond acceptors (Lipinski definition) is 5. The Morgan fingerprint density at radius 1 is 1.05 bits per heavy atom. The van der Waals surface area contributed by atoms with E-state index in [2.05, 4.69) is 50.1 Å². The van der Waals surface area contributed by atoms with Crippen LogP contribution >= 0.6 is 11.3 Å². The number of anilines is 1. The lowest BCUT2D eigenvalue weighted by molar-refractivity contribution is 0.950. The molecule has 0 amide bonds. The molecule has 0 aliphatic carbocycles. The monoisotopic (exact) mass is 296 g/mol. The second kappa shape index (κ2) is 6.45. The zero-order valence-corrected chi connectivity index (χ0v) is 12.6. The fourth-order valence-electron chi connectivity index (χ4n) is 1.96. The number of hydrogen-bond donors (Lipinski definition) is 1. The summed E-state index contributed by atoms with van der Waals surface area (Å²) in [5.74, 6) is 0.776. The van der Waals surface area contributed by atoms with Gasteiger partial charge >= 0.3 is 0 Å². The highest BCUT2D eigenvalue weighted by Gasteiger charge is 2.04. The molecule has 4 nitrogen and oxygen atoms in total. The van der Waals surface area contributed by atoms with Crippen molar-refractivity contribution in [3.8, 4) is 0 Å². The summed E-state index contributed by atoms with van der Waals surface area (Å²) in [7, 11) is 0. The van der Waals surface area contributed by atoms with Crippen molar-refractivity contribution in [2.75, 3.05) is 5.32 Å². The standard InChI is InChI=1S/C16H16N4S/c1-12-7-8-15(20-19-12)17-10-14-11-21-16(18-14)9-13-5-3-2-4-6-13/h2-8,11H,9-10H2,1H3,(H,17,20). The third kappa shape index (κ3) is 3.86. The lowest BCUT2D eigenvalue weighted by Crippen LogP contribution is -2.03. The van der Waals surface area contributed by atoms with Crippen LogP contribution in [0.2, 0.25) is 0 Å². The molecular weight excluding hydrogens is 280 g/mol. The predicted molar refractivity (Wildman–Crippen MR) is 85.5 cm³/mol. The van der Waals surface area contributed by atoms with Crippen LogP contribution in [0.25, 0.3) is 0 Å². The molecule has 0 radical (unpaired) electrons. The minimum atomic E-state index is 0.670. The lowest BCUT2D eigenvalue weighted by atomic mass is 10.2. The molecule has 5 heteroatoms. The summed E-state index contributed by atoms with van der Waals surface area (Å²) in [5.41, 5.74) is 3.24. The van der Waals surface area contributed by atoms with Gasteiger partial charge in [-0.05, 0) is 24.6 Å². The molecule has 0 spiro atoms. The van der Waals surface area contributed by atoms with E-state index >= 15 is 0 Å². The third-order valence-corrected chi connectivity index (χ3v) is 3.94. The Bertz CT molecular complexity index is 692. The Labute approximate surface area is 127 Å². The Kier molecular flexibility index (Phi) is 4.21. The van der Waals surface area contributed by atoms with Gasteiger partial charge in [-0.25, -0.2) is 4.98 Å². The van der Waals surface area contributed by atoms with Gasteiger partial charge in [0.25, 0.3) is 0 Å². The molecule has 2 aromatic heterocycles. The third-order valence-electron chi connectivity index (χ3n) is 3.05. The van der Waals surface area contributed by atoms with Crippen LogP contribution in [0.3, 0.4) is 0 Å². The molecule has 0 aliphatic heterocycles. The van der Waals surface area contributed by atoms with Crippen LogP contribution in [0.5, 0.6) is 0 Å². The molecule has 1 N–H and O–H groups in total. The fraction of sp³-hybridized carbons (Fsp3) is 0.188. The zero-order valence-electron chi connectivity index (χ0n) is 11.8.